The van der Waals surface area contributed by atoms with E-state index in [2.05, 4.69) is 12.2 Å². The molecule has 0 amide bonds. The van der Waals surface area contributed by atoms with Crippen LogP contribution < -0.4 is 11.1 Å². The number of piperidine rings is 1. The number of rotatable bonds is 15. The van der Waals surface area contributed by atoms with Crippen molar-refractivity contribution in [2.45, 2.75) is 134 Å². The summed E-state index contributed by atoms with van der Waals surface area (Å²) >= 11 is 0. The van der Waals surface area contributed by atoms with Gasteiger partial charge in [-0.15, -0.1) is 0 Å². The molecule has 2 saturated heterocycles. The Balaban J connectivity index is 1.58. The Hall–Kier alpha value is -1.65. The minimum absolute atomic E-state index is 0.0104. The van der Waals surface area contributed by atoms with E-state index in [-0.39, 0.29) is 37.4 Å². The monoisotopic (exact) mass is 577 g/mol. The molecule has 2 aliphatic heterocycles. The fraction of sp³-hybridized carbons (Fsp3) is 0.844. The lowest BCUT2D eigenvalue weighted by Crippen LogP contribution is -2.94. The second-order valence-electron chi connectivity index (χ2n) is 13.1. The molecule has 4 rings (SSSR count). The standard InChI is InChI=1S/C32H52N2O7/c1-3-4-5-9-24(10-8-17-35)40-30(39)32-29(38)26-12-7-6-11-25(26)28(37)31(32,41-32)19-23(20-36)21(2)13-14-22-15-16-34-27(33)18-22/h22,24-27,34-36H,3-20,33H2,1-2H3/p+1. The quantitative estimate of drug-likeness (QED) is 0.0760. The molecule has 7 atom stereocenters. The predicted molar refractivity (Wildman–Crippen MR) is 153 cm³/mol. The number of fused-ring (bicyclic) bond motifs is 2. The molecule has 2 aliphatic carbocycles. The molecule has 0 aromatic heterocycles. The summed E-state index contributed by atoms with van der Waals surface area (Å²) in [6.07, 6.45) is 10.9. The van der Waals surface area contributed by atoms with Gasteiger partial charge >= 0.3 is 5.97 Å². The zero-order valence-corrected chi connectivity index (χ0v) is 25.2. The van der Waals surface area contributed by atoms with Gasteiger partial charge in [0.05, 0.1) is 13.2 Å². The smallest absolute Gasteiger partial charge is 0.350 e. The molecule has 4 fully saturated rings. The van der Waals surface area contributed by atoms with Gasteiger partial charge in [-0.05, 0) is 76.2 Å². The van der Waals surface area contributed by atoms with E-state index in [9.17, 15) is 24.6 Å². The molecule has 0 radical (unpaired) electrons. The van der Waals surface area contributed by atoms with Gasteiger partial charge in [0.2, 0.25) is 0 Å². The van der Waals surface area contributed by atoms with Gasteiger partial charge in [-0.25, -0.2) is 4.79 Å². The van der Waals surface area contributed by atoms with Crippen molar-refractivity contribution in [3.8, 4) is 0 Å². The SMILES string of the molecule is CCCCCC(CCCO)OC(=O)C12OC1(CC(CO)=C(C)CCC1CC[NH2+]C(N)C1)C(=O)C1CCCCC1C2=O. The van der Waals surface area contributed by atoms with Crippen LogP contribution in [0.25, 0.3) is 0 Å². The number of unbranched alkanes of at least 4 members (excludes halogenated alkanes) is 2. The van der Waals surface area contributed by atoms with Crippen LogP contribution >= 0.6 is 0 Å². The van der Waals surface area contributed by atoms with Crippen LogP contribution in [0.1, 0.15) is 110 Å². The number of ether oxygens (including phenoxy) is 2. The molecule has 4 aliphatic rings. The molecule has 2 saturated carbocycles. The van der Waals surface area contributed by atoms with Crippen LogP contribution in [0.15, 0.2) is 11.1 Å². The average molecular weight is 578 g/mol. The lowest BCUT2D eigenvalue weighted by Gasteiger charge is -2.37. The van der Waals surface area contributed by atoms with E-state index >= 15 is 0 Å². The van der Waals surface area contributed by atoms with Crippen molar-refractivity contribution in [2.24, 2.45) is 23.5 Å². The Labute approximate surface area is 245 Å². The van der Waals surface area contributed by atoms with E-state index in [1.807, 2.05) is 6.92 Å². The number of carbonyl (C=O) groups is 3. The Morgan fingerprint density at radius 3 is 2.46 bits per heavy atom. The molecule has 9 nitrogen and oxygen atoms in total. The summed E-state index contributed by atoms with van der Waals surface area (Å²) in [6, 6.07) is 0. The van der Waals surface area contributed by atoms with Crippen molar-refractivity contribution < 1.29 is 39.4 Å². The molecule has 2 heterocycles. The molecule has 7 unspecified atom stereocenters. The summed E-state index contributed by atoms with van der Waals surface area (Å²) in [5, 5.41) is 22.0. The van der Waals surface area contributed by atoms with Gasteiger partial charge in [0.1, 0.15) is 12.3 Å². The number of hydrogen-bond donors (Lipinski definition) is 4. The predicted octanol–water partition coefficient (Wildman–Crippen LogP) is 2.45. The van der Waals surface area contributed by atoms with Crippen molar-refractivity contribution in [1.29, 1.82) is 0 Å². The van der Waals surface area contributed by atoms with E-state index in [4.69, 9.17) is 15.2 Å². The summed E-state index contributed by atoms with van der Waals surface area (Å²) in [4.78, 5) is 42.1. The van der Waals surface area contributed by atoms with Crippen molar-refractivity contribution in [2.75, 3.05) is 19.8 Å². The van der Waals surface area contributed by atoms with Crippen molar-refractivity contribution in [3.05, 3.63) is 11.1 Å². The highest BCUT2D eigenvalue weighted by Gasteiger charge is 2.87. The maximum atomic E-state index is 14.1. The third kappa shape index (κ3) is 6.64. The molecular weight excluding hydrogens is 524 g/mol. The van der Waals surface area contributed by atoms with Gasteiger partial charge in [0, 0.05) is 31.3 Å². The Morgan fingerprint density at radius 1 is 1.10 bits per heavy atom. The number of nitrogens with two attached hydrogens (primary N) is 2. The van der Waals surface area contributed by atoms with Crippen LogP contribution in [0.2, 0.25) is 0 Å². The van der Waals surface area contributed by atoms with Crippen molar-refractivity contribution in [3.63, 3.8) is 0 Å². The van der Waals surface area contributed by atoms with Crippen molar-refractivity contribution in [1.82, 2.24) is 0 Å². The van der Waals surface area contributed by atoms with Gasteiger partial charge in [-0.1, -0.05) is 38.2 Å². The molecule has 6 N–H and O–H groups in total. The van der Waals surface area contributed by atoms with Crippen LogP contribution in [-0.4, -0.2) is 71.0 Å². The molecule has 41 heavy (non-hydrogen) atoms. The summed E-state index contributed by atoms with van der Waals surface area (Å²) in [5.41, 5.74) is 4.24. The van der Waals surface area contributed by atoms with Crippen molar-refractivity contribution >= 4 is 17.5 Å². The molecule has 232 valence electrons. The normalized spacial score (nSPS) is 34.4. The second-order valence-corrected chi connectivity index (χ2v) is 13.1. The van der Waals surface area contributed by atoms with Crippen LogP contribution in [0.4, 0.5) is 0 Å². The van der Waals surface area contributed by atoms with E-state index in [0.29, 0.717) is 43.6 Å². The van der Waals surface area contributed by atoms with E-state index in [1.54, 1.807) is 0 Å². The van der Waals surface area contributed by atoms with Gasteiger partial charge in [-0.3, -0.25) is 15.3 Å². The average Bonchev–Trinajstić information content (AvgIpc) is 3.68. The fourth-order valence-corrected chi connectivity index (χ4v) is 7.67. The number of aliphatic hydroxyl groups excluding tert-OH is 2. The highest BCUT2D eigenvalue weighted by molar-refractivity contribution is 6.23. The topological polar surface area (TPSA) is 156 Å². The first kappa shape index (κ1) is 32.3. The lowest BCUT2D eigenvalue weighted by molar-refractivity contribution is -0.699. The van der Waals surface area contributed by atoms with Crippen LogP contribution in [0, 0.1) is 17.8 Å². The molecule has 0 aromatic carbocycles. The Bertz CT molecular complexity index is 983. The number of esters is 1. The zero-order valence-electron chi connectivity index (χ0n) is 25.2. The first-order valence-electron chi connectivity index (χ1n) is 16.2. The number of quaternary nitrogens is 1. The first-order chi connectivity index (χ1) is 19.7. The maximum absolute atomic E-state index is 14.1. The lowest BCUT2D eigenvalue weighted by atomic mass is 9.60. The third-order valence-electron chi connectivity index (χ3n) is 10.2. The van der Waals surface area contributed by atoms with E-state index in [1.165, 1.54) is 0 Å². The number of carbonyl (C=O) groups excluding carboxylic acids is 3. The van der Waals surface area contributed by atoms with Crippen LogP contribution in [0.5, 0.6) is 0 Å². The number of Topliss-reactive ketones (excluding diaryl/α,β-unsaturated/α-hetero) is 2. The summed E-state index contributed by atoms with van der Waals surface area (Å²) < 4.78 is 12.1. The van der Waals surface area contributed by atoms with Gasteiger partial charge in [0.15, 0.2) is 17.2 Å². The van der Waals surface area contributed by atoms with Crippen LogP contribution in [-0.2, 0) is 23.9 Å². The van der Waals surface area contributed by atoms with Gasteiger partial charge in [-0.2, -0.15) is 0 Å². The second kappa shape index (κ2) is 14.2. The largest absolute Gasteiger partial charge is 0.460 e. The summed E-state index contributed by atoms with van der Waals surface area (Å²) in [6.45, 7) is 4.82. The summed E-state index contributed by atoms with van der Waals surface area (Å²) in [5.74, 6) is -1.71. The highest BCUT2D eigenvalue weighted by Crippen LogP contribution is 2.62. The fourth-order valence-electron chi connectivity index (χ4n) is 7.67. The molecule has 0 bridgehead atoms. The van der Waals surface area contributed by atoms with E-state index in [0.717, 1.165) is 69.9 Å². The Kier molecular flexibility index (Phi) is 11.2. The molecule has 9 heteroatoms. The molecular formula is C32H53N2O7+. The number of ketones is 2. The number of epoxide rings is 1. The molecule has 0 spiro atoms. The highest BCUT2D eigenvalue weighted by atomic mass is 16.7. The van der Waals surface area contributed by atoms with Gasteiger partial charge < -0.3 is 25.0 Å². The summed E-state index contributed by atoms with van der Waals surface area (Å²) in [7, 11) is 0. The Morgan fingerprint density at radius 2 is 1.80 bits per heavy atom. The number of aliphatic hydroxyl groups is 2. The first-order valence-corrected chi connectivity index (χ1v) is 16.2. The van der Waals surface area contributed by atoms with Crippen LogP contribution in [0.3, 0.4) is 0 Å². The van der Waals surface area contributed by atoms with Gasteiger partial charge in [0.25, 0.3) is 5.60 Å². The minimum Gasteiger partial charge on any atom is -0.460 e. The zero-order chi connectivity index (χ0) is 29.6. The number of hydrogen-bond acceptors (Lipinski definition) is 8. The molecule has 0 aromatic rings. The maximum Gasteiger partial charge on any atom is 0.350 e. The third-order valence-corrected chi connectivity index (χ3v) is 10.2. The van der Waals surface area contributed by atoms with E-state index < -0.39 is 35.1 Å². The number of allylic oxidation sites excluding steroid dienone is 1. The minimum atomic E-state index is -1.93.